The Labute approximate surface area is 184 Å². The maximum absolute atomic E-state index is 12.7. The van der Waals surface area contributed by atoms with E-state index in [2.05, 4.69) is 40.0 Å². The average molecular weight is 502 g/mol. The van der Waals surface area contributed by atoms with E-state index in [4.69, 9.17) is 4.74 Å². The summed E-state index contributed by atoms with van der Waals surface area (Å²) >= 11 is 2.28. The quantitative estimate of drug-likeness (QED) is 0.352. The molecule has 1 heterocycles. The van der Waals surface area contributed by atoms with Crippen molar-refractivity contribution in [2.45, 2.75) is 44.8 Å². The first kappa shape index (κ1) is 19.9. The summed E-state index contributed by atoms with van der Waals surface area (Å²) in [4.78, 5) is 26.4. The Hall–Kier alpha value is -2.35. The topological polar surface area (TPSA) is 58.6 Å². The number of hydrogen-bond acceptors (Lipinski definition) is 3. The first-order valence-corrected chi connectivity index (χ1v) is 11.0. The number of benzene rings is 2. The summed E-state index contributed by atoms with van der Waals surface area (Å²) < 4.78 is 7.02. The van der Waals surface area contributed by atoms with E-state index in [-0.39, 0.29) is 18.0 Å². The van der Waals surface area contributed by atoms with Crippen LogP contribution >= 0.6 is 22.6 Å². The Morgan fingerprint density at radius 3 is 2.38 bits per heavy atom. The van der Waals surface area contributed by atoms with Crippen molar-refractivity contribution in [3.05, 3.63) is 68.9 Å². The molecular weight excluding hydrogens is 479 g/mol. The molecule has 4 rings (SSSR count). The van der Waals surface area contributed by atoms with E-state index in [9.17, 15) is 9.59 Å². The van der Waals surface area contributed by atoms with Crippen LogP contribution in [0.2, 0.25) is 0 Å². The third-order valence-corrected chi connectivity index (χ3v) is 6.08. The largest absolute Gasteiger partial charge is 0.489 e. The highest BCUT2D eigenvalue weighted by Gasteiger charge is 2.38. The van der Waals surface area contributed by atoms with Crippen LogP contribution in [0, 0.1) is 3.57 Å². The molecule has 1 N–H and O–H groups in total. The minimum atomic E-state index is -0.300. The van der Waals surface area contributed by atoms with Gasteiger partial charge in [0.15, 0.2) is 0 Å². The van der Waals surface area contributed by atoms with E-state index < -0.39 is 0 Å². The lowest BCUT2D eigenvalue weighted by Crippen LogP contribution is -2.41. The number of hydrogen-bond donors (Lipinski definition) is 1. The molecule has 0 bridgehead atoms. The summed E-state index contributed by atoms with van der Waals surface area (Å²) in [6.45, 7) is 0.502. The van der Waals surface area contributed by atoms with Crippen molar-refractivity contribution in [2.24, 2.45) is 0 Å². The van der Waals surface area contributed by atoms with Crippen LogP contribution in [0.1, 0.15) is 43.2 Å². The molecule has 3 amide bonds. The lowest BCUT2D eigenvalue weighted by molar-refractivity contribution is -0.124. The van der Waals surface area contributed by atoms with Gasteiger partial charge in [-0.25, -0.2) is 4.79 Å². The van der Waals surface area contributed by atoms with Crippen molar-refractivity contribution in [1.82, 2.24) is 10.2 Å². The smallest absolute Gasteiger partial charge is 0.329 e. The van der Waals surface area contributed by atoms with Crippen molar-refractivity contribution in [2.75, 3.05) is 0 Å². The van der Waals surface area contributed by atoms with Gasteiger partial charge in [-0.05, 0) is 76.9 Å². The highest BCUT2D eigenvalue weighted by molar-refractivity contribution is 14.1. The molecule has 0 unspecified atom stereocenters. The minimum Gasteiger partial charge on any atom is -0.489 e. The number of urea groups is 1. The highest BCUT2D eigenvalue weighted by atomic mass is 127. The maximum atomic E-state index is 12.7. The Morgan fingerprint density at radius 1 is 1.00 bits per heavy atom. The monoisotopic (exact) mass is 502 g/mol. The van der Waals surface area contributed by atoms with Crippen LogP contribution in [0.5, 0.6) is 5.75 Å². The summed E-state index contributed by atoms with van der Waals surface area (Å²) in [6.07, 6.45) is 6.86. The number of nitrogens with one attached hydrogen (secondary N) is 1. The van der Waals surface area contributed by atoms with Gasteiger partial charge in [-0.1, -0.05) is 43.5 Å². The predicted octanol–water partition coefficient (Wildman–Crippen LogP) is 5.10. The Kier molecular flexibility index (Phi) is 6.18. The van der Waals surface area contributed by atoms with E-state index in [1.165, 1.54) is 14.9 Å². The number of ether oxygens (including phenoxy) is 1. The van der Waals surface area contributed by atoms with E-state index >= 15 is 0 Å². The van der Waals surface area contributed by atoms with Gasteiger partial charge in [0.25, 0.3) is 5.91 Å². The zero-order valence-electron chi connectivity index (χ0n) is 16.1. The lowest BCUT2D eigenvalue weighted by Gasteiger charge is -2.28. The SMILES string of the molecule is O=C1N/C(=C\c2ccc(OCc3ccc(I)cc3)cc2)C(=O)N1C1CCCCC1. The molecule has 0 atom stereocenters. The molecule has 1 aliphatic carbocycles. The Morgan fingerprint density at radius 2 is 1.69 bits per heavy atom. The summed E-state index contributed by atoms with van der Waals surface area (Å²) in [5, 5.41) is 2.73. The number of nitrogens with zero attached hydrogens (tertiary/aromatic N) is 1. The van der Waals surface area contributed by atoms with Gasteiger partial charge in [-0.3, -0.25) is 9.69 Å². The van der Waals surface area contributed by atoms with Gasteiger partial charge >= 0.3 is 6.03 Å². The maximum Gasteiger partial charge on any atom is 0.329 e. The molecule has 0 radical (unpaired) electrons. The zero-order chi connectivity index (χ0) is 20.2. The van der Waals surface area contributed by atoms with Crippen LogP contribution in [0.15, 0.2) is 54.2 Å². The number of carbonyl (C=O) groups is 2. The van der Waals surface area contributed by atoms with E-state index in [0.717, 1.165) is 42.6 Å². The van der Waals surface area contributed by atoms with Crippen LogP contribution in [-0.2, 0) is 11.4 Å². The normalized spacial score (nSPS) is 18.9. The molecule has 1 saturated carbocycles. The van der Waals surface area contributed by atoms with Gasteiger partial charge in [-0.2, -0.15) is 0 Å². The molecule has 6 heteroatoms. The fourth-order valence-corrected chi connectivity index (χ4v) is 4.15. The van der Waals surface area contributed by atoms with E-state index in [1.807, 2.05) is 36.4 Å². The third kappa shape index (κ3) is 4.80. The molecule has 2 aliphatic rings. The molecule has 150 valence electrons. The van der Waals surface area contributed by atoms with Crippen molar-refractivity contribution < 1.29 is 14.3 Å². The zero-order valence-corrected chi connectivity index (χ0v) is 18.2. The van der Waals surface area contributed by atoms with Crippen LogP contribution in [0.3, 0.4) is 0 Å². The first-order valence-electron chi connectivity index (χ1n) is 9.94. The molecule has 5 nitrogen and oxygen atoms in total. The molecule has 2 aromatic carbocycles. The van der Waals surface area contributed by atoms with E-state index in [0.29, 0.717) is 12.3 Å². The second-order valence-electron chi connectivity index (χ2n) is 7.44. The number of amides is 3. The molecule has 1 aliphatic heterocycles. The van der Waals surface area contributed by atoms with Gasteiger partial charge in [-0.15, -0.1) is 0 Å². The molecule has 0 spiro atoms. The lowest BCUT2D eigenvalue weighted by atomic mass is 9.94. The standard InChI is InChI=1S/C23H23IN2O3/c24-18-10-6-17(7-11-18)15-29-20-12-8-16(9-13-20)14-21-22(27)26(23(28)25-21)19-4-2-1-3-5-19/h6-14,19H,1-5,15H2,(H,25,28)/b21-14-. The van der Waals surface area contributed by atoms with Gasteiger partial charge < -0.3 is 10.1 Å². The van der Waals surface area contributed by atoms with E-state index in [1.54, 1.807) is 6.08 Å². The second-order valence-corrected chi connectivity index (χ2v) is 8.68. The second kappa shape index (κ2) is 8.98. The Bertz CT molecular complexity index is 916. The fourth-order valence-electron chi connectivity index (χ4n) is 3.79. The molecule has 2 aromatic rings. The summed E-state index contributed by atoms with van der Waals surface area (Å²) in [6, 6.07) is 15.5. The van der Waals surface area contributed by atoms with Gasteiger partial charge in [0.05, 0.1) is 0 Å². The molecule has 0 aromatic heterocycles. The third-order valence-electron chi connectivity index (χ3n) is 5.36. The van der Waals surface area contributed by atoms with Crippen molar-refractivity contribution >= 4 is 40.6 Å². The number of halogens is 1. The highest BCUT2D eigenvalue weighted by Crippen LogP contribution is 2.27. The molecular formula is C23H23IN2O3. The first-order chi connectivity index (χ1) is 14.1. The number of carbonyl (C=O) groups excluding carboxylic acids is 2. The average Bonchev–Trinajstić information content (AvgIpc) is 3.02. The predicted molar refractivity (Wildman–Crippen MR) is 120 cm³/mol. The number of rotatable bonds is 5. The minimum absolute atomic E-state index is 0.0270. The molecule has 2 fully saturated rings. The summed E-state index contributed by atoms with van der Waals surface area (Å²) in [5.41, 5.74) is 2.30. The van der Waals surface area contributed by atoms with Gasteiger partial charge in [0.2, 0.25) is 0 Å². The molecule has 29 heavy (non-hydrogen) atoms. The van der Waals surface area contributed by atoms with Crippen LogP contribution in [0.4, 0.5) is 4.79 Å². The van der Waals surface area contributed by atoms with Crippen molar-refractivity contribution in [1.29, 1.82) is 0 Å². The summed E-state index contributed by atoms with van der Waals surface area (Å²) in [7, 11) is 0. The molecule has 1 saturated heterocycles. The van der Waals surface area contributed by atoms with Gasteiger partial charge in [0.1, 0.15) is 18.1 Å². The van der Waals surface area contributed by atoms with Crippen LogP contribution < -0.4 is 10.1 Å². The van der Waals surface area contributed by atoms with Crippen molar-refractivity contribution in [3.8, 4) is 5.75 Å². The number of imide groups is 1. The Balaban J connectivity index is 1.39. The summed E-state index contributed by atoms with van der Waals surface area (Å²) in [5.74, 6) is 0.539. The van der Waals surface area contributed by atoms with Gasteiger partial charge in [0, 0.05) is 9.61 Å². The van der Waals surface area contributed by atoms with Crippen LogP contribution in [-0.4, -0.2) is 22.9 Å². The fraction of sp³-hybridized carbons (Fsp3) is 0.304. The van der Waals surface area contributed by atoms with Crippen molar-refractivity contribution in [3.63, 3.8) is 0 Å². The van der Waals surface area contributed by atoms with Crippen LogP contribution in [0.25, 0.3) is 6.08 Å².